The first kappa shape index (κ1) is 10.4. The van der Waals surface area contributed by atoms with Gasteiger partial charge in [0.25, 0.3) is 0 Å². The summed E-state index contributed by atoms with van der Waals surface area (Å²) in [6.07, 6.45) is 0.234. The van der Waals surface area contributed by atoms with Crippen LogP contribution in [0.25, 0.3) is 0 Å². The fraction of sp³-hybridized carbons (Fsp3) is 0.222. The number of hydrogen-bond acceptors (Lipinski definition) is 2. The molecule has 1 rings (SSSR count). The van der Waals surface area contributed by atoms with E-state index in [0.29, 0.717) is 0 Å². The minimum absolute atomic E-state index is 0.0260. The van der Waals surface area contributed by atoms with Gasteiger partial charge >= 0.3 is 0 Å². The maximum Gasteiger partial charge on any atom is 0.129 e. The summed E-state index contributed by atoms with van der Waals surface area (Å²) in [6.45, 7) is 0.137. The Morgan fingerprint density at radius 1 is 1.29 bits per heavy atom. The number of benzene rings is 1. The van der Waals surface area contributed by atoms with Gasteiger partial charge < -0.3 is 10.5 Å². The highest BCUT2D eigenvalue weighted by Crippen LogP contribution is 2.15. The van der Waals surface area contributed by atoms with Crippen LogP contribution in [0.5, 0.6) is 5.75 Å². The van der Waals surface area contributed by atoms with Crippen LogP contribution in [-0.2, 0) is 0 Å². The van der Waals surface area contributed by atoms with Crippen LogP contribution in [0.4, 0.5) is 8.78 Å². The van der Waals surface area contributed by atoms with Gasteiger partial charge in [0, 0.05) is 24.6 Å². The molecule has 0 saturated carbocycles. The number of hydrogen-bond donors (Lipinski definition) is 2. The first-order valence-corrected chi connectivity index (χ1v) is 4.00. The topological polar surface area (TPSA) is 59.1 Å². The second-order valence-electron chi connectivity index (χ2n) is 2.73. The Balaban J connectivity index is 2.54. The summed E-state index contributed by atoms with van der Waals surface area (Å²) in [7, 11) is 0. The van der Waals surface area contributed by atoms with E-state index in [1.807, 2.05) is 0 Å². The number of amidine groups is 1. The van der Waals surface area contributed by atoms with Crippen molar-refractivity contribution in [2.45, 2.75) is 6.42 Å². The molecule has 0 spiro atoms. The predicted molar refractivity (Wildman–Crippen MR) is 48.4 cm³/mol. The fourth-order valence-corrected chi connectivity index (χ4v) is 0.891. The molecule has 0 aliphatic heterocycles. The molecule has 0 heterocycles. The van der Waals surface area contributed by atoms with Crippen LogP contribution in [0.2, 0.25) is 0 Å². The van der Waals surface area contributed by atoms with Gasteiger partial charge in [-0.1, -0.05) is 0 Å². The molecule has 0 radical (unpaired) electrons. The molecule has 0 aliphatic rings. The summed E-state index contributed by atoms with van der Waals surface area (Å²) in [5.41, 5.74) is 5.07. The van der Waals surface area contributed by atoms with E-state index < -0.39 is 11.6 Å². The third-order valence-electron chi connectivity index (χ3n) is 1.48. The van der Waals surface area contributed by atoms with E-state index in [1.54, 1.807) is 0 Å². The predicted octanol–water partition coefficient (Wildman–Crippen LogP) is 1.67. The van der Waals surface area contributed by atoms with Crippen LogP contribution in [-0.4, -0.2) is 12.4 Å². The number of nitrogens with one attached hydrogen (secondary N) is 1. The van der Waals surface area contributed by atoms with Crippen LogP contribution >= 0.6 is 0 Å². The third kappa shape index (κ3) is 3.38. The lowest BCUT2D eigenvalue weighted by atomic mass is 10.3. The standard InChI is InChI=1S/C9H10F2N2O/c10-6-3-7(11)5-8(4-6)14-2-1-9(12)13/h3-5H,1-2H2,(H3,12,13). The van der Waals surface area contributed by atoms with Crippen molar-refractivity contribution in [1.29, 1.82) is 5.41 Å². The number of halogens is 2. The van der Waals surface area contributed by atoms with E-state index in [1.165, 1.54) is 0 Å². The van der Waals surface area contributed by atoms with Gasteiger partial charge in [-0.2, -0.15) is 0 Å². The van der Waals surface area contributed by atoms with E-state index in [-0.39, 0.29) is 24.6 Å². The third-order valence-corrected chi connectivity index (χ3v) is 1.48. The largest absolute Gasteiger partial charge is 0.493 e. The lowest BCUT2D eigenvalue weighted by Crippen LogP contribution is -2.13. The maximum absolute atomic E-state index is 12.6. The van der Waals surface area contributed by atoms with Gasteiger partial charge in [0.15, 0.2) is 0 Å². The first-order chi connectivity index (χ1) is 6.58. The Kier molecular flexibility index (Phi) is 3.39. The van der Waals surface area contributed by atoms with Crippen molar-refractivity contribution >= 4 is 5.84 Å². The van der Waals surface area contributed by atoms with E-state index in [4.69, 9.17) is 15.9 Å². The van der Waals surface area contributed by atoms with Gasteiger partial charge in [-0.25, -0.2) is 8.78 Å². The van der Waals surface area contributed by atoms with Crippen molar-refractivity contribution in [1.82, 2.24) is 0 Å². The smallest absolute Gasteiger partial charge is 0.129 e. The minimum atomic E-state index is -0.692. The van der Waals surface area contributed by atoms with Crippen LogP contribution < -0.4 is 10.5 Å². The maximum atomic E-state index is 12.6. The highest BCUT2D eigenvalue weighted by molar-refractivity contribution is 5.76. The molecule has 14 heavy (non-hydrogen) atoms. The highest BCUT2D eigenvalue weighted by Gasteiger charge is 2.01. The molecular formula is C9H10F2N2O. The Morgan fingerprint density at radius 3 is 2.36 bits per heavy atom. The van der Waals surface area contributed by atoms with Crippen molar-refractivity contribution in [3.63, 3.8) is 0 Å². The fourth-order valence-electron chi connectivity index (χ4n) is 0.891. The lowest BCUT2D eigenvalue weighted by Gasteiger charge is -2.05. The molecule has 0 fully saturated rings. The molecule has 3 nitrogen and oxygen atoms in total. The number of nitrogens with two attached hydrogens (primary N) is 1. The number of ether oxygens (including phenoxy) is 1. The zero-order chi connectivity index (χ0) is 10.6. The van der Waals surface area contributed by atoms with Gasteiger partial charge in [0.2, 0.25) is 0 Å². The molecule has 0 saturated heterocycles. The average Bonchev–Trinajstić information content (AvgIpc) is 2.01. The molecule has 0 bridgehead atoms. The Hall–Kier alpha value is -1.65. The molecule has 1 aromatic rings. The number of rotatable bonds is 4. The van der Waals surface area contributed by atoms with E-state index in [0.717, 1.165) is 18.2 Å². The van der Waals surface area contributed by atoms with Crippen molar-refractivity contribution < 1.29 is 13.5 Å². The van der Waals surface area contributed by atoms with Crippen molar-refractivity contribution in [3.8, 4) is 5.75 Å². The minimum Gasteiger partial charge on any atom is -0.493 e. The second-order valence-corrected chi connectivity index (χ2v) is 2.73. The second kappa shape index (κ2) is 4.55. The van der Waals surface area contributed by atoms with Crippen molar-refractivity contribution in [2.24, 2.45) is 5.73 Å². The van der Waals surface area contributed by atoms with Crippen LogP contribution in [0.1, 0.15) is 6.42 Å². The molecule has 5 heteroatoms. The summed E-state index contributed by atoms with van der Waals surface area (Å²) in [4.78, 5) is 0. The molecule has 0 aliphatic carbocycles. The summed E-state index contributed by atoms with van der Waals surface area (Å²) in [5, 5.41) is 6.89. The lowest BCUT2D eigenvalue weighted by molar-refractivity contribution is 0.324. The van der Waals surface area contributed by atoms with E-state index in [2.05, 4.69) is 0 Å². The van der Waals surface area contributed by atoms with Gasteiger partial charge in [-0.15, -0.1) is 0 Å². The zero-order valence-electron chi connectivity index (χ0n) is 7.39. The summed E-state index contributed by atoms with van der Waals surface area (Å²) in [6, 6.07) is 2.91. The molecule has 0 atom stereocenters. The quantitative estimate of drug-likeness (QED) is 0.573. The molecule has 3 N–H and O–H groups in total. The molecule has 0 unspecified atom stereocenters. The van der Waals surface area contributed by atoms with E-state index >= 15 is 0 Å². The Labute approximate surface area is 80.0 Å². The van der Waals surface area contributed by atoms with Gasteiger partial charge in [0.1, 0.15) is 17.4 Å². The van der Waals surface area contributed by atoms with E-state index in [9.17, 15) is 8.78 Å². The molecule has 1 aromatic carbocycles. The monoisotopic (exact) mass is 200 g/mol. The average molecular weight is 200 g/mol. The molecular weight excluding hydrogens is 190 g/mol. The van der Waals surface area contributed by atoms with Crippen molar-refractivity contribution in [3.05, 3.63) is 29.8 Å². The zero-order valence-corrected chi connectivity index (χ0v) is 7.39. The SMILES string of the molecule is N=C(N)CCOc1cc(F)cc(F)c1. The molecule has 0 amide bonds. The normalized spacial score (nSPS) is 9.86. The van der Waals surface area contributed by atoms with Crippen LogP contribution in [0.15, 0.2) is 18.2 Å². The summed E-state index contributed by atoms with van der Waals surface area (Å²) >= 11 is 0. The Morgan fingerprint density at radius 2 is 1.86 bits per heavy atom. The van der Waals surface area contributed by atoms with Gasteiger partial charge in [-0.3, -0.25) is 5.41 Å². The molecule has 76 valence electrons. The van der Waals surface area contributed by atoms with Gasteiger partial charge in [0.05, 0.1) is 12.4 Å². The van der Waals surface area contributed by atoms with Gasteiger partial charge in [-0.05, 0) is 0 Å². The van der Waals surface area contributed by atoms with Crippen molar-refractivity contribution in [2.75, 3.05) is 6.61 Å². The summed E-state index contributed by atoms with van der Waals surface area (Å²) < 4.78 is 30.2. The Bertz CT molecular complexity index is 321. The summed E-state index contributed by atoms with van der Waals surface area (Å²) in [5.74, 6) is -1.31. The molecule has 0 aromatic heterocycles. The van der Waals surface area contributed by atoms with Crippen LogP contribution in [0, 0.1) is 17.0 Å². The first-order valence-electron chi connectivity index (χ1n) is 4.00. The highest BCUT2D eigenvalue weighted by atomic mass is 19.1. The van der Waals surface area contributed by atoms with Crippen LogP contribution in [0.3, 0.4) is 0 Å².